The fourth-order valence-corrected chi connectivity index (χ4v) is 2.39. The monoisotopic (exact) mass is 280 g/mol. The van der Waals surface area contributed by atoms with Gasteiger partial charge in [-0.15, -0.1) is 0 Å². The fraction of sp³-hybridized carbons (Fsp3) is 0.214. The average Bonchev–Trinajstić information content (AvgIpc) is 2.31. The van der Waals surface area contributed by atoms with Crippen molar-refractivity contribution in [3.63, 3.8) is 0 Å². The van der Waals surface area contributed by atoms with Crippen LogP contribution in [0.5, 0.6) is 0 Å². The van der Waals surface area contributed by atoms with Gasteiger partial charge in [0.1, 0.15) is 0 Å². The zero-order valence-electron chi connectivity index (χ0n) is 10.2. The van der Waals surface area contributed by atoms with E-state index in [1.54, 1.807) is 12.3 Å². The van der Waals surface area contributed by atoms with E-state index >= 15 is 0 Å². The van der Waals surface area contributed by atoms with Gasteiger partial charge in [0, 0.05) is 6.20 Å². The minimum absolute atomic E-state index is 0.338. The molecule has 0 saturated heterocycles. The van der Waals surface area contributed by atoms with Crippen molar-refractivity contribution in [2.45, 2.75) is 19.9 Å². The quantitative estimate of drug-likeness (QED) is 0.901. The van der Waals surface area contributed by atoms with Gasteiger partial charge in [0.15, 0.2) is 0 Å². The number of hydrogen-bond acceptors (Lipinski definition) is 2. The molecule has 1 aromatic carbocycles. The second-order valence-electron chi connectivity index (χ2n) is 4.36. The average molecular weight is 281 g/mol. The highest BCUT2D eigenvalue weighted by Gasteiger charge is 2.16. The first-order valence-corrected chi connectivity index (χ1v) is 6.38. The van der Waals surface area contributed by atoms with Gasteiger partial charge in [-0.05, 0) is 31.0 Å². The van der Waals surface area contributed by atoms with Crippen LogP contribution in [0, 0.1) is 13.8 Å². The summed E-state index contributed by atoms with van der Waals surface area (Å²) in [4.78, 5) is 4.24. The number of rotatable bonds is 2. The van der Waals surface area contributed by atoms with Crippen LogP contribution in [0.1, 0.15) is 28.4 Å². The van der Waals surface area contributed by atoms with E-state index in [2.05, 4.69) is 17.1 Å². The molecule has 0 amide bonds. The first-order valence-electron chi connectivity index (χ1n) is 5.62. The number of aromatic nitrogens is 1. The third-order valence-electron chi connectivity index (χ3n) is 2.90. The van der Waals surface area contributed by atoms with Crippen LogP contribution in [0.3, 0.4) is 0 Å². The minimum atomic E-state index is -0.338. The molecule has 0 fully saturated rings. The first kappa shape index (κ1) is 13.3. The first-order chi connectivity index (χ1) is 8.49. The van der Waals surface area contributed by atoms with Gasteiger partial charge in [0.05, 0.1) is 21.8 Å². The molecular weight excluding hydrogens is 267 g/mol. The summed E-state index contributed by atoms with van der Waals surface area (Å²) >= 11 is 12.0. The highest BCUT2D eigenvalue weighted by molar-refractivity contribution is 6.34. The summed E-state index contributed by atoms with van der Waals surface area (Å²) in [6.45, 7) is 4.06. The zero-order valence-corrected chi connectivity index (χ0v) is 11.8. The molecule has 0 saturated carbocycles. The largest absolute Gasteiger partial charge is 0.319 e. The number of halogens is 2. The van der Waals surface area contributed by atoms with Crippen molar-refractivity contribution in [3.05, 3.63) is 62.9 Å². The van der Waals surface area contributed by atoms with Gasteiger partial charge >= 0.3 is 0 Å². The van der Waals surface area contributed by atoms with E-state index in [0.29, 0.717) is 15.7 Å². The smallest absolute Gasteiger partial charge is 0.0803 e. The maximum atomic E-state index is 6.25. The fourth-order valence-electron chi connectivity index (χ4n) is 1.90. The van der Waals surface area contributed by atoms with E-state index in [-0.39, 0.29) is 6.04 Å². The zero-order chi connectivity index (χ0) is 13.3. The molecule has 0 spiro atoms. The topological polar surface area (TPSA) is 38.9 Å². The summed E-state index contributed by atoms with van der Waals surface area (Å²) in [5.41, 5.74) is 10.2. The van der Waals surface area contributed by atoms with Crippen LogP contribution in [0.2, 0.25) is 10.0 Å². The Balaban J connectivity index is 2.47. The summed E-state index contributed by atoms with van der Waals surface area (Å²) in [6.07, 6.45) is 1.56. The van der Waals surface area contributed by atoms with Gasteiger partial charge in [-0.2, -0.15) is 0 Å². The van der Waals surface area contributed by atoms with E-state index < -0.39 is 0 Å². The Morgan fingerprint density at radius 3 is 2.56 bits per heavy atom. The standard InChI is InChI=1S/C14H14Cl2N2/c1-8-3-4-9(2)11(5-8)13(17)14-12(16)6-10(15)7-18-14/h3-7,13H,17H2,1-2H3. The van der Waals surface area contributed by atoms with E-state index in [4.69, 9.17) is 28.9 Å². The third kappa shape index (κ3) is 2.66. The lowest BCUT2D eigenvalue weighted by Crippen LogP contribution is -2.15. The van der Waals surface area contributed by atoms with Crippen molar-refractivity contribution in [3.8, 4) is 0 Å². The molecule has 0 bridgehead atoms. The van der Waals surface area contributed by atoms with Crippen LogP contribution in [0.4, 0.5) is 0 Å². The number of hydrogen-bond donors (Lipinski definition) is 1. The molecule has 1 unspecified atom stereocenters. The molecule has 1 heterocycles. The molecule has 2 nitrogen and oxygen atoms in total. The lowest BCUT2D eigenvalue weighted by Gasteiger charge is -2.16. The summed E-state index contributed by atoms with van der Waals surface area (Å²) in [7, 11) is 0. The van der Waals surface area contributed by atoms with Crippen LogP contribution in [0.25, 0.3) is 0 Å². The maximum Gasteiger partial charge on any atom is 0.0803 e. The third-order valence-corrected chi connectivity index (χ3v) is 3.41. The molecule has 1 atom stereocenters. The SMILES string of the molecule is Cc1ccc(C)c(C(N)c2ncc(Cl)cc2Cl)c1. The van der Waals surface area contributed by atoms with Crippen LogP contribution < -0.4 is 5.73 Å². The van der Waals surface area contributed by atoms with Gasteiger partial charge in [0.2, 0.25) is 0 Å². The van der Waals surface area contributed by atoms with E-state index in [9.17, 15) is 0 Å². The Kier molecular flexibility index (Phi) is 3.91. The van der Waals surface area contributed by atoms with Gasteiger partial charge in [-0.3, -0.25) is 4.98 Å². The number of pyridine rings is 1. The van der Waals surface area contributed by atoms with Crippen LogP contribution in [-0.4, -0.2) is 4.98 Å². The maximum absolute atomic E-state index is 6.25. The van der Waals surface area contributed by atoms with Crippen LogP contribution in [-0.2, 0) is 0 Å². The van der Waals surface area contributed by atoms with Gasteiger partial charge < -0.3 is 5.73 Å². The molecule has 94 valence electrons. The van der Waals surface area contributed by atoms with Crippen molar-refractivity contribution in [2.75, 3.05) is 0 Å². The lowest BCUT2D eigenvalue weighted by molar-refractivity contribution is 0.820. The van der Waals surface area contributed by atoms with Crippen molar-refractivity contribution in [1.82, 2.24) is 4.98 Å². The molecule has 2 aromatic rings. The summed E-state index contributed by atoms with van der Waals surface area (Å²) in [5, 5.41) is 1.01. The van der Waals surface area contributed by atoms with E-state index in [1.807, 2.05) is 19.9 Å². The molecule has 0 radical (unpaired) electrons. The summed E-state index contributed by atoms with van der Waals surface area (Å²) < 4.78 is 0. The molecule has 18 heavy (non-hydrogen) atoms. The second kappa shape index (κ2) is 5.27. The Morgan fingerprint density at radius 2 is 1.89 bits per heavy atom. The molecule has 0 aliphatic heterocycles. The Labute approximate surface area is 117 Å². The Hall–Kier alpha value is -1.09. The molecule has 0 aliphatic carbocycles. The summed E-state index contributed by atoms with van der Waals surface area (Å²) in [5.74, 6) is 0. The molecule has 4 heteroatoms. The Bertz CT molecular complexity index is 582. The van der Waals surface area contributed by atoms with Crippen LogP contribution >= 0.6 is 23.2 Å². The van der Waals surface area contributed by atoms with Gasteiger partial charge in [-0.25, -0.2) is 0 Å². The highest BCUT2D eigenvalue weighted by Crippen LogP contribution is 2.28. The lowest BCUT2D eigenvalue weighted by atomic mass is 9.97. The van der Waals surface area contributed by atoms with Gasteiger partial charge in [0.25, 0.3) is 0 Å². The molecule has 0 aliphatic rings. The predicted octanol–water partition coefficient (Wildman–Crippen LogP) is 4.05. The number of benzene rings is 1. The number of aryl methyl sites for hydroxylation is 2. The van der Waals surface area contributed by atoms with E-state index in [1.165, 1.54) is 0 Å². The van der Waals surface area contributed by atoms with Crippen molar-refractivity contribution < 1.29 is 0 Å². The van der Waals surface area contributed by atoms with Gasteiger partial charge in [-0.1, -0.05) is 47.0 Å². The minimum Gasteiger partial charge on any atom is -0.319 e. The molecule has 2 N–H and O–H groups in total. The summed E-state index contributed by atoms with van der Waals surface area (Å²) in [6, 6.07) is 7.49. The number of nitrogens with two attached hydrogens (primary N) is 1. The van der Waals surface area contributed by atoms with Crippen molar-refractivity contribution >= 4 is 23.2 Å². The second-order valence-corrected chi connectivity index (χ2v) is 5.20. The molecule has 2 rings (SSSR count). The van der Waals surface area contributed by atoms with Crippen molar-refractivity contribution in [2.24, 2.45) is 5.73 Å². The highest BCUT2D eigenvalue weighted by atomic mass is 35.5. The molecular formula is C14H14Cl2N2. The Morgan fingerprint density at radius 1 is 1.17 bits per heavy atom. The van der Waals surface area contributed by atoms with Crippen molar-refractivity contribution in [1.29, 1.82) is 0 Å². The van der Waals surface area contributed by atoms with Crippen LogP contribution in [0.15, 0.2) is 30.5 Å². The number of nitrogens with zero attached hydrogens (tertiary/aromatic N) is 1. The predicted molar refractivity (Wildman–Crippen MR) is 76.2 cm³/mol. The normalized spacial score (nSPS) is 12.5. The molecule has 1 aromatic heterocycles. The van der Waals surface area contributed by atoms with E-state index in [0.717, 1.165) is 16.7 Å².